The molecule has 1 fully saturated rings. The lowest BCUT2D eigenvalue weighted by atomic mass is 9.87. The quantitative estimate of drug-likeness (QED) is 0.758. The minimum Gasteiger partial charge on any atom is -0.372 e. The molecular weight excluding hydrogens is 262 g/mol. The fourth-order valence-electron chi connectivity index (χ4n) is 2.18. The first kappa shape index (κ1) is 12.0. The zero-order chi connectivity index (χ0) is 11.6. The summed E-state index contributed by atoms with van der Waals surface area (Å²) in [5.74, 6) is 0. The van der Waals surface area contributed by atoms with Crippen molar-refractivity contribution < 1.29 is 0 Å². The average molecular weight is 282 g/mol. The maximum atomic E-state index is 3.58. The highest BCUT2D eigenvalue weighted by molar-refractivity contribution is 9.09. The summed E-state index contributed by atoms with van der Waals surface area (Å²) in [6, 6.07) is 9.08. The maximum Gasteiger partial charge on any atom is 0.0366 e. The van der Waals surface area contributed by atoms with Gasteiger partial charge in [0.1, 0.15) is 0 Å². The van der Waals surface area contributed by atoms with Crippen molar-refractivity contribution in [3.8, 4) is 0 Å². The number of anilines is 1. The molecule has 88 valence electrons. The molecule has 16 heavy (non-hydrogen) atoms. The Kier molecular flexibility index (Phi) is 3.58. The Morgan fingerprint density at radius 2 is 1.69 bits per heavy atom. The molecule has 1 aliphatic rings. The van der Waals surface area contributed by atoms with E-state index in [2.05, 4.69) is 58.9 Å². The summed E-state index contributed by atoms with van der Waals surface area (Å²) in [6.07, 6.45) is 2.68. The molecule has 0 N–H and O–H groups in total. The summed E-state index contributed by atoms with van der Waals surface area (Å²) in [4.78, 5) is 2.48. The van der Waals surface area contributed by atoms with Crippen molar-refractivity contribution in [1.82, 2.24) is 0 Å². The lowest BCUT2D eigenvalue weighted by Crippen LogP contribution is -2.20. The van der Waals surface area contributed by atoms with E-state index in [1.54, 1.807) is 0 Å². The van der Waals surface area contributed by atoms with Crippen LogP contribution in [-0.2, 0) is 5.41 Å². The molecule has 0 saturated carbocycles. The molecule has 2 heteroatoms. The van der Waals surface area contributed by atoms with Crippen LogP contribution in [0.4, 0.5) is 5.69 Å². The number of benzene rings is 1. The largest absolute Gasteiger partial charge is 0.372 e. The van der Waals surface area contributed by atoms with Crippen molar-refractivity contribution in [3.05, 3.63) is 29.8 Å². The van der Waals surface area contributed by atoms with Crippen LogP contribution in [0.15, 0.2) is 24.3 Å². The Morgan fingerprint density at radius 3 is 2.19 bits per heavy atom. The van der Waals surface area contributed by atoms with Gasteiger partial charge < -0.3 is 4.90 Å². The number of hydrogen-bond donors (Lipinski definition) is 0. The van der Waals surface area contributed by atoms with Crippen LogP contribution in [0.3, 0.4) is 0 Å². The van der Waals surface area contributed by atoms with Crippen molar-refractivity contribution in [2.45, 2.75) is 32.1 Å². The Balaban J connectivity index is 2.15. The van der Waals surface area contributed by atoms with Crippen LogP contribution in [0.1, 0.15) is 32.3 Å². The molecule has 1 heterocycles. The highest BCUT2D eigenvalue weighted by Crippen LogP contribution is 2.28. The summed E-state index contributed by atoms with van der Waals surface area (Å²) >= 11 is 3.58. The summed E-state index contributed by atoms with van der Waals surface area (Å²) in [7, 11) is 0. The molecule has 1 nitrogen and oxygen atoms in total. The number of halogens is 1. The van der Waals surface area contributed by atoms with Gasteiger partial charge >= 0.3 is 0 Å². The van der Waals surface area contributed by atoms with Gasteiger partial charge in [-0.3, -0.25) is 0 Å². The zero-order valence-electron chi connectivity index (χ0n) is 10.2. The van der Waals surface area contributed by atoms with Crippen LogP contribution in [0.25, 0.3) is 0 Å². The summed E-state index contributed by atoms with van der Waals surface area (Å²) in [5.41, 5.74) is 3.02. The highest BCUT2D eigenvalue weighted by atomic mass is 79.9. The normalized spacial score (nSPS) is 16.8. The molecule has 0 radical (unpaired) electrons. The van der Waals surface area contributed by atoms with Gasteiger partial charge in [-0.05, 0) is 36.0 Å². The Labute approximate surface area is 107 Å². The topological polar surface area (TPSA) is 3.24 Å². The second-order valence-electron chi connectivity index (χ2n) is 5.26. The first-order valence-corrected chi connectivity index (χ1v) is 7.17. The van der Waals surface area contributed by atoms with Crippen LogP contribution in [0.2, 0.25) is 0 Å². The first-order valence-electron chi connectivity index (χ1n) is 6.05. The Hall–Kier alpha value is -0.500. The van der Waals surface area contributed by atoms with E-state index in [9.17, 15) is 0 Å². The van der Waals surface area contributed by atoms with E-state index in [4.69, 9.17) is 0 Å². The Morgan fingerprint density at radius 1 is 1.12 bits per heavy atom. The van der Waals surface area contributed by atoms with E-state index in [0.29, 0.717) is 0 Å². The third-order valence-electron chi connectivity index (χ3n) is 3.45. The van der Waals surface area contributed by atoms with E-state index in [1.165, 1.54) is 37.2 Å². The van der Waals surface area contributed by atoms with Gasteiger partial charge in [-0.1, -0.05) is 41.9 Å². The van der Waals surface area contributed by atoms with Crippen molar-refractivity contribution in [1.29, 1.82) is 0 Å². The second kappa shape index (κ2) is 4.79. The smallest absolute Gasteiger partial charge is 0.0366 e. The number of rotatable bonds is 3. The molecule has 0 atom stereocenters. The van der Waals surface area contributed by atoms with Gasteiger partial charge in [0.15, 0.2) is 0 Å². The van der Waals surface area contributed by atoms with Crippen LogP contribution >= 0.6 is 15.9 Å². The van der Waals surface area contributed by atoms with E-state index in [0.717, 1.165) is 5.33 Å². The van der Waals surface area contributed by atoms with Gasteiger partial charge in [-0.25, -0.2) is 0 Å². The number of hydrogen-bond acceptors (Lipinski definition) is 1. The van der Waals surface area contributed by atoms with E-state index in [-0.39, 0.29) is 5.41 Å². The number of nitrogens with zero attached hydrogens (tertiary/aromatic N) is 1. The van der Waals surface area contributed by atoms with Gasteiger partial charge in [-0.2, -0.15) is 0 Å². The highest BCUT2D eigenvalue weighted by Gasteiger charge is 2.19. The average Bonchev–Trinajstić information content (AvgIpc) is 2.83. The third-order valence-corrected chi connectivity index (χ3v) is 4.86. The van der Waals surface area contributed by atoms with Gasteiger partial charge in [-0.15, -0.1) is 0 Å². The van der Waals surface area contributed by atoms with Crippen LogP contribution in [-0.4, -0.2) is 18.4 Å². The van der Waals surface area contributed by atoms with E-state index < -0.39 is 0 Å². The number of alkyl halides is 1. The molecule has 0 amide bonds. The maximum absolute atomic E-state index is 3.58. The summed E-state index contributed by atoms with van der Waals surface area (Å²) in [6.45, 7) is 6.99. The molecule has 1 aromatic carbocycles. The molecule has 0 unspecified atom stereocenters. The summed E-state index contributed by atoms with van der Waals surface area (Å²) < 4.78 is 0. The van der Waals surface area contributed by atoms with Gasteiger partial charge in [0, 0.05) is 24.1 Å². The fraction of sp³-hybridized carbons (Fsp3) is 0.571. The predicted molar refractivity (Wildman–Crippen MR) is 74.7 cm³/mol. The van der Waals surface area contributed by atoms with Crippen molar-refractivity contribution >= 4 is 21.6 Å². The molecule has 0 aliphatic carbocycles. The minimum atomic E-state index is 0.226. The van der Waals surface area contributed by atoms with E-state index >= 15 is 0 Å². The standard InChI is InChI=1S/C14H20BrN/c1-14(2,11-15)12-5-7-13(8-6-12)16-9-3-4-10-16/h5-8H,3-4,9-11H2,1-2H3. The lowest BCUT2D eigenvalue weighted by molar-refractivity contribution is 0.606. The van der Waals surface area contributed by atoms with Crippen molar-refractivity contribution in [2.75, 3.05) is 23.3 Å². The molecule has 1 saturated heterocycles. The lowest BCUT2D eigenvalue weighted by Gasteiger charge is -2.24. The van der Waals surface area contributed by atoms with E-state index in [1.807, 2.05) is 0 Å². The van der Waals surface area contributed by atoms with Crippen LogP contribution < -0.4 is 4.90 Å². The monoisotopic (exact) mass is 281 g/mol. The molecule has 0 aromatic heterocycles. The first-order chi connectivity index (χ1) is 7.63. The van der Waals surface area contributed by atoms with Gasteiger partial charge in [0.05, 0.1) is 0 Å². The van der Waals surface area contributed by atoms with Crippen LogP contribution in [0, 0.1) is 0 Å². The molecule has 0 spiro atoms. The zero-order valence-corrected chi connectivity index (χ0v) is 11.8. The second-order valence-corrected chi connectivity index (χ2v) is 5.82. The van der Waals surface area contributed by atoms with Gasteiger partial charge in [0.25, 0.3) is 0 Å². The SMILES string of the molecule is CC(C)(CBr)c1ccc(N2CCCC2)cc1. The molecular formula is C14H20BrN. The summed E-state index contributed by atoms with van der Waals surface area (Å²) in [5, 5.41) is 1.00. The predicted octanol–water partition coefficient (Wildman–Crippen LogP) is 3.96. The molecule has 1 aliphatic heterocycles. The van der Waals surface area contributed by atoms with Crippen molar-refractivity contribution in [3.63, 3.8) is 0 Å². The molecule has 2 rings (SSSR count). The van der Waals surface area contributed by atoms with Gasteiger partial charge in [0.2, 0.25) is 0 Å². The Bertz CT molecular complexity index is 336. The van der Waals surface area contributed by atoms with Crippen molar-refractivity contribution in [2.24, 2.45) is 0 Å². The molecule has 1 aromatic rings. The minimum absolute atomic E-state index is 0.226. The molecule has 0 bridgehead atoms. The third kappa shape index (κ3) is 2.42. The fourth-order valence-corrected chi connectivity index (χ4v) is 2.50. The van der Waals surface area contributed by atoms with Crippen LogP contribution in [0.5, 0.6) is 0 Å².